The van der Waals surface area contributed by atoms with Gasteiger partial charge in [-0.15, -0.1) is 11.3 Å². The summed E-state index contributed by atoms with van der Waals surface area (Å²) in [5.41, 5.74) is 0.566. The summed E-state index contributed by atoms with van der Waals surface area (Å²) in [4.78, 5) is 20.3. The first-order valence-electron chi connectivity index (χ1n) is 8.30. The standard InChI is InChI=1S/C18H23N3O2S/c1-13-6-3-4-9-21(13)12-16-11-19-18(24-16)20-17(22)14-7-5-8-15(10-14)23-2/h5,7-8,10-11,13H,3-4,6,9,12H2,1-2H3,(H,19,20,22). The molecule has 0 bridgehead atoms. The number of hydrogen-bond acceptors (Lipinski definition) is 5. The van der Waals surface area contributed by atoms with Gasteiger partial charge in [-0.1, -0.05) is 12.5 Å². The normalized spacial score (nSPS) is 18.3. The fourth-order valence-corrected chi connectivity index (χ4v) is 3.80. The van der Waals surface area contributed by atoms with E-state index in [1.54, 1.807) is 36.6 Å². The van der Waals surface area contributed by atoms with Crippen molar-refractivity contribution in [3.05, 3.63) is 40.9 Å². The summed E-state index contributed by atoms with van der Waals surface area (Å²) < 4.78 is 5.16. The van der Waals surface area contributed by atoms with Crippen LogP contribution in [0.1, 0.15) is 41.4 Å². The topological polar surface area (TPSA) is 54.5 Å². The molecule has 0 aliphatic carbocycles. The van der Waals surface area contributed by atoms with Gasteiger partial charge in [0, 0.05) is 29.2 Å². The van der Waals surface area contributed by atoms with Gasteiger partial charge in [0.1, 0.15) is 5.75 Å². The summed E-state index contributed by atoms with van der Waals surface area (Å²) in [5.74, 6) is 0.503. The van der Waals surface area contributed by atoms with Gasteiger partial charge >= 0.3 is 0 Å². The van der Waals surface area contributed by atoms with E-state index in [9.17, 15) is 4.79 Å². The van der Waals surface area contributed by atoms with Crippen LogP contribution in [0.2, 0.25) is 0 Å². The molecule has 1 N–H and O–H groups in total. The van der Waals surface area contributed by atoms with Gasteiger partial charge in [-0.25, -0.2) is 4.98 Å². The smallest absolute Gasteiger partial charge is 0.257 e. The Balaban J connectivity index is 1.61. The number of aromatic nitrogens is 1. The van der Waals surface area contributed by atoms with E-state index in [1.165, 1.54) is 24.1 Å². The average Bonchev–Trinajstić information content (AvgIpc) is 3.04. The van der Waals surface area contributed by atoms with Crippen LogP contribution >= 0.6 is 11.3 Å². The number of piperidine rings is 1. The van der Waals surface area contributed by atoms with Crippen molar-refractivity contribution in [3.8, 4) is 5.75 Å². The summed E-state index contributed by atoms with van der Waals surface area (Å²) in [6.45, 7) is 4.34. The van der Waals surface area contributed by atoms with Crippen molar-refractivity contribution in [2.75, 3.05) is 19.0 Å². The molecule has 1 fully saturated rings. The molecular formula is C18H23N3O2S. The predicted octanol–water partition coefficient (Wildman–Crippen LogP) is 3.78. The Labute approximate surface area is 146 Å². The van der Waals surface area contributed by atoms with E-state index in [4.69, 9.17) is 4.74 Å². The minimum absolute atomic E-state index is 0.166. The molecule has 1 saturated heterocycles. The van der Waals surface area contributed by atoms with Crippen molar-refractivity contribution in [3.63, 3.8) is 0 Å². The number of likely N-dealkylation sites (tertiary alicyclic amines) is 1. The van der Waals surface area contributed by atoms with Gasteiger partial charge in [0.05, 0.1) is 7.11 Å². The molecule has 5 nitrogen and oxygen atoms in total. The number of benzene rings is 1. The number of nitrogens with one attached hydrogen (secondary N) is 1. The number of amides is 1. The van der Waals surface area contributed by atoms with Gasteiger partial charge in [-0.3, -0.25) is 15.0 Å². The predicted molar refractivity (Wildman–Crippen MR) is 96.8 cm³/mol. The molecular weight excluding hydrogens is 322 g/mol. The van der Waals surface area contributed by atoms with Gasteiger partial charge in [-0.05, 0) is 44.5 Å². The highest BCUT2D eigenvalue weighted by Crippen LogP contribution is 2.24. The Morgan fingerprint density at radius 2 is 2.33 bits per heavy atom. The summed E-state index contributed by atoms with van der Waals surface area (Å²) in [6.07, 6.45) is 5.72. The zero-order valence-corrected chi connectivity index (χ0v) is 14.9. The average molecular weight is 345 g/mol. The SMILES string of the molecule is COc1cccc(C(=O)Nc2ncc(CN3CCCCC3C)s2)c1. The third-order valence-corrected chi connectivity index (χ3v) is 5.30. The van der Waals surface area contributed by atoms with Crippen LogP contribution in [0, 0.1) is 0 Å². The molecule has 1 atom stereocenters. The van der Waals surface area contributed by atoms with Crippen LogP contribution in [-0.2, 0) is 6.54 Å². The van der Waals surface area contributed by atoms with Crippen LogP contribution < -0.4 is 10.1 Å². The lowest BCUT2D eigenvalue weighted by atomic mass is 10.0. The lowest BCUT2D eigenvalue weighted by Crippen LogP contribution is -2.36. The molecule has 1 aromatic heterocycles. The fraction of sp³-hybridized carbons (Fsp3) is 0.444. The number of thiazole rings is 1. The maximum atomic E-state index is 12.3. The molecule has 1 aliphatic rings. The second-order valence-corrected chi connectivity index (χ2v) is 7.25. The molecule has 128 valence electrons. The van der Waals surface area contributed by atoms with E-state index in [2.05, 4.69) is 22.1 Å². The number of ether oxygens (including phenoxy) is 1. The number of methoxy groups -OCH3 is 1. The number of nitrogens with zero attached hydrogens (tertiary/aromatic N) is 2. The van der Waals surface area contributed by atoms with Crippen molar-refractivity contribution in [2.24, 2.45) is 0 Å². The molecule has 1 aromatic carbocycles. The molecule has 3 rings (SSSR count). The van der Waals surface area contributed by atoms with Crippen molar-refractivity contribution >= 4 is 22.4 Å². The van der Waals surface area contributed by atoms with Gasteiger partial charge in [0.25, 0.3) is 5.91 Å². The van der Waals surface area contributed by atoms with Crippen LogP contribution in [0.5, 0.6) is 5.75 Å². The number of rotatable bonds is 5. The molecule has 2 heterocycles. The maximum Gasteiger partial charge on any atom is 0.257 e. The highest BCUT2D eigenvalue weighted by molar-refractivity contribution is 7.15. The number of carbonyl (C=O) groups is 1. The summed E-state index contributed by atoms with van der Waals surface area (Å²) >= 11 is 1.55. The van der Waals surface area contributed by atoms with Gasteiger partial charge in [0.2, 0.25) is 0 Å². The molecule has 1 amide bonds. The van der Waals surface area contributed by atoms with Crippen molar-refractivity contribution in [2.45, 2.75) is 38.8 Å². The zero-order chi connectivity index (χ0) is 16.9. The van der Waals surface area contributed by atoms with Gasteiger partial charge < -0.3 is 4.74 Å². The molecule has 1 aliphatic heterocycles. The Kier molecular flexibility index (Phi) is 5.48. The molecule has 24 heavy (non-hydrogen) atoms. The highest BCUT2D eigenvalue weighted by atomic mass is 32.1. The summed E-state index contributed by atoms with van der Waals surface area (Å²) in [5, 5.41) is 3.51. The first kappa shape index (κ1) is 16.9. The first-order chi connectivity index (χ1) is 11.7. The molecule has 0 saturated carbocycles. The second-order valence-electron chi connectivity index (χ2n) is 6.13. The minimum Gasteiger partial charge on any atom is -0.497 e. The third kappa shape index (κ3) is 4.13. The van der Waals surface area contributed by atoms with Crippen LogP contribution in [-0.4, -0.2) is 35.5 Å². The first-order valence-corrected chi connectivity index (χ1v) is 9.11. The van der Waals surface area contributed by atoms with Crippen molar-refractivity contribution in [1.29, 1.82) is 0 Å². The highest BCUT2D eigenvalue weighted by Gasteiger charge is 2.19. The molecule has 0 radical (unpaired) electrons. The Morgan fingerprint density at radius 3 is 3.12 bits per heavy atom. The van der Waals surface area contributed by atoms with E-state index < -0.39 is 0 Å². The lowest BCUT2D eigenvalue weighted by molar-refractivity contribution is 0.102. The molecule has 2 aromatic rings. The van der Waals surface area contributed by atoms with Gasteiger partial charge in [0.15, 0.2) is 5.13 Å². The quantitative estimate of drug-likeness (QED) is 0.896. The third-order valence-electron chi connectivity index (χ3n) is 4.41. The zero-order valence-electron chi connectivity index (χ0n) is 14.1. The van der Waals surface area contributed by atoms with Crippen LogP contribution in [0.25, 0.3) is 0 Å². The Bertz CT molecular complexity index is 701. The fourth-order valence-electron chi connectivity index (χ4n) is 2.96. The molecule has 0 spiro atoms. The van der Waals surface area contributed by atoms with Crippen LogP contribution in [0.15, 0.2) is 30.5 Å². The maximum absolute atomic E-state index is 12.3. The van der Waals surface area contributed by atoms with Crippen molar-refractivity contribution < 1.29 is 9.53 Å². The van der Waals surface area contributed by atoms with Crippen LogP contribution in [0.4, 0.5) is 5.13 Å². The Morgan fingerprint density at radius 1 is 1.46 bits per heavy atom. The van der Waals surface area contributed by atoms with E-state index in [0.717, 1.165) is 13.1 Å². The van der Waals surface area contributed by atoms with E-state index in [-0.39, 0.29) is 5.91 Å². The summed E-state index contributed by atoms with van der Waals surface area (Å²) in [7, 11) is 1.59. The second kappa shape index (κ2) is 7.77. The Hall–Kier alpha value is -1.92. The lowest BCUT2D eigenvalue weighted by Gasteiger charge is -2.32. The van der Waals surface area contributed by atoms with Crippen LogP contribution in [0.3, 0.4) is 0 Å². The monoisotopic (exact) mass is 345 g/mol. The van der Waals surface area contributed by atoms with E-state index >= 15 is 0 Å². The summed E-state index contributed by atoms with van der Waals surface area (Å²) in [6, 6.07) is 7.73. The number of anilines is 1. The molecule has 1 unspecified atom stereocenters. The van der Waals surface area contributed by atoms with E-state index in [1.807, 2.05) is 12.3 Å². The number of hydrogen-bond donors (Lipinski definition) is 1. The van der Waals surface area contributed by atoms with Gasteiger partial charge in [-0.2, -0.15) is 0 Å². The minimum atomic E-state index is -0.166. The number of carbonyl (C=O) groups excluding carboxylic acids is 1. The molecule has 6 heteroatoms. The van der Waals surface area contributed by atoms with E-state index in [0.29, 0.717) is 22.5 Å². The largest absolute Gasteiger partial charge is 0.497 e. The van der Waals surface area contributed by atoms with Crippen molar-refractivity contribution in [1.82, 2.24) is 9.88 Å².